The highest BCUT2D eigenvalue weighted by Crippen LogP contribution is 2.20. The molecule has 0 fully saturated rings. The number of ether oxygens (including phenoxy) is 1. The van der Waals surface area contributed by atoms with Gasteiger partial charge in [0.25, 0.3) is 5.91 Å². The Morgan fingerprint density at radius 3 is 2.70 bits per heavy atom. The SMILES string of the molecule is N#CCCNC(=O)COC(=O)CSc1ccc(Br)cc1. The molecule has 1 aromatic rings. The molecule has 1 amide bonds. The van der Waals surface area contributed by atoms with Gasteiger partial charge in [-0.2, -0.15) is 5.26 Å². The molecule has 0 saturated heterocycles. The van der Waals surface area contributed by atoms with Crippen LogP contribution in [0.25, 0.3) is 0 Å². The minimum Gasteiger partial charge on any atom is -0.455 e. The van der Waals surface area contributed by atoms with Gasteiger partial charge in [0.2, 0.25) is 0 Å². The summed E-state index contributed by atoms with van der Waals surface area (Å²) in [5, 5.41) is 10.8. The van der Waals surface area contributed by atoms with E-state index in [1.165, 1.54) is 11.8 Å². The molecule has 0 atom stereocenters. The van der Waals surface area contributed by atoms with Gasteiger partial charge in [0.15, 0.2) is 6.61 Å². The van der Waals surface area contributed by atoms with Crippen molar-refractivity contribution in [2.45, 2.75) is 11.3 Å². The van der Waals surface area contributed by atoms with Crippen LogP contribution in [0.5, 0.6) is 0 Å². The molecule has 0 spiro atoms. The molecule has 1 N–H and O–H groups in total. The van der Waals surface area contributed by atoms with Gasteiger partial charge in [0.1, 0.15) is 0 Å². The summed E-state index contributed by atoms with van der Waals surface area (Å²) in [6, 6.07) is 9.44. The average Bonchev–Trinajstić information content (AvgIpc) is 2.45. The number of rotatable bonds is 7. The fourth-order valence-electron chi connectivity index (χ4n) is 1.17. The Balaban J connectivity index is 2.19. The first-order valence-corrected chi connectivity index (χ1v) is 7.57. The number of nitrogens with one attached hydrogen (secondary N) is 1. The zero-order valence-electron chi connectivity index (χ0n) is 10.6. The van der Waals surface area contributed by atoms with E-state index in [4.69, 9.17) is 10.00 Å². The summed E-state index contributed by atoms with van der Waals surface area (Å²) in [4.78, 5) is 23.6. The van der Waals surface area contributed by atoms with Crippen molar-refractivity contribution in [3.8, 4) is 6.07 Å². The molecule has 5 nitrogen and oxygen atoms in total. The highest BCUT2D eigenvalue weighted by molar-refractivity contribution is 9.10. The fourth-order valence-corrected chi connectivity index (χ4v) is 2.13. The lowest BCUT2D eigenvalue weighted by Crippen LogP contribution is -2.29. The van der Waals surface area contributed by atoms with Crippen molar-refractivity contribution in [3.63, 3.8) is 0 Å². The van der Waals surface area contributed by atoms with E-state index in [1.54, 1.807) is 0 Å². The van der Waals surface area contributed by atoms with E-state index in [9.17, 15) is 9.59 Å². The molecule has 1 aromatic carbocycles. The molecule has 0 aliphatic carbocycles. The van der Waals surface area contributed by atoms with Crippen LogP contribution < -0.4 is 5.32 Å². The van der Waals surface area contributed by atoms with Gasteiger partial charge >= 0.3 is 5.97 Å². The predicted molar refractivity (Wildman–Crippen MR) is 79.1 cm³/mol. The maximum Gasteiger partial charge on any atom is 0.316 e. The van der Waals surface area contributed by atoms with E-state index in [1.807, 2.05) is 30.3 Å². The summed E-state index contributed by atoms with van der Waals surface area (Å²) in [6.07, 6.45) is 0.235. The lowest BCUT2D eigenvalue weighted by atomic mass is 10.4. The Morgan fingerprint density at radius 2 is 2.05 bits per heavy atom. The number of nitriles is 1. The molecule has 0 radical (unpaired) electrons. The van der Waals surface area contributed by atoms with Crippen LogP contribution in [-0.4, -0.2) is 30.8 Å². The van der Waals surface area contributed by atoms with Crippen LogP contribution in [0.1, 0.15) is 6.42 Å². The zero-order chi connectivity index (χ0) is 14.8. The summed E-state index contributed by atoms with van der Waals surface area (Å²) < 4.78 is 5.79. The maximum absolute atomic E-state index is 11.4. The highest BCUT2D eigenvalue weighted by atomic mass is 79.9. The second-order valence-corrected chi connectivity index (χ2v) is 5.63. The van der Waals surface area contributed by atoms with Gasteiger partial charge in [-0.25, -0.2) is 0 Å². The van der Waals surface area contributed by atoms with Crippen molar-refractivity contribution in [2.75, 3.05) is 18.9 Å². The molecule has 0 saturated carbocycles. The van der Waals surface area contributed by atoms with E-state index in [2.05, 4.69) is 21.2 Å². The van der Waals surface area contributed by atoms with E-state index >= 15 is 0 Å². The standard InChI is InChI=1S/C13H13BrN2O3S/c14-10-2-4-11(5-3-10)20-9-13(18)19-8-12(17)16-7-1-6-15/h2-5H,1,7-9H2,(H,16,17). The van der Waals surface area contributed by atoms with Crippen LogP contribution in [-0.2, 0) is 14.3 Å². The van der Waals surface area contributed by atoms with Crippen LogP contribution >= 0.6 is 27.7 Å². The number of nitrogens with zero attached hydrogens (tertiary/aromatic N) is 1. The largest absolute Gasteiger partial charge is 0.455 e. The zero-order valence-corrected chi connectivity index (χ0v) is 13.0. The molecule has 0 heterocycles. The van der Waals surface area contributed by atoms with Crippen LogP contribution in [0.3, 0.4) is 0 Å². The van der Waals surface area contributed by atoms with Crippen molar-refractivity contribution in [1.82, 2.24) is 5.32 Å². The number of benzene rings is 1. The van der Waals surface area contributed by atoms with Crippen molar-refractivity contribution < 1.29 is 14.3 Å². The molecule has 0 bridgehead atoms. The minimum atomic E-state index is -0.451. The molecule has 0 aliphatic rings. The number of halogens is 1. The Morgan fingerprint density at radius 1 is 1.35 bits per heavy atom. The number of hydrogen-bond acceptors (Lipinski definition) is 5. The van der Waals surface area contributed by atoms with Crippen LogP contribution in [0.2, 0.25) is 0 Å². The van der Waals surface area contributed by atoms with Gasteiger partial charge in [-0.05, 0) is 24.3 Å². The van der Waals surface area contributed by atoms with E-state index < -0.39 is 11.9 Å². The monoisotopic (exact) mass is 356 g/mol. The van der Waals surface area contributed by atoms with Gasteiger partial charge in [0, 0.05) is 15.9 Å². The van der Waals surface area contributed by atoms with E-state index in [-0.39, 0.29) is 25.3 Å². The summed E-state index contributed by atoms with van der Waals surface area (Å²) in [5.41, 5.74) is 0. The third-order valence-corrected chi connectivity index (χ3v) is 3.61. The third kappa shape index (κ3) is 7.16. The molecule has 0 aromatic heterocycles. The Hall–Kier alpha value is -1.52. The number of carbonyl (C=O) groups is 2. The van der Waals surface area contributed by atoms with Gasteiger partial charge < -0.3 is 10.1 Å². The normalized spacial score (nSPS) is 9.60. The molecule has 0 unspecified atom stereocenters. The van der Waals surface area contributed by atoms with Crippen molar-refractivity contribution in [2.24, 2.45) is 0 Å². The Bertz CT molecular complexity index is 499. The lowest BCUT2D eigenvalue weighted by Gasteiger charge is -2.05. The number of amides is 1. The molecule has 1 rings (SSSR count). The molecule has 7 heteroatoms. The summed E-state index contributed by atoms with van der Waals surface area (Å²) >= 11 is 4.67. The van der Waals surface area contributed by atoms with Gasteiger partial charge in [-0.15, -0.1) is 11.8 Å². The number of esters is 1. The molecular formula is C13H13BrN2O3S. The maximum atomic E-state index is 11.4. The molecular weight excluding hydrogens is 344 g/mol. The predicted octanol–water partition coefficient (Wildman–Crippen LogP) is 2.11. The quantitative estimate of drug-likeness (QED) is 0.459. The third-order valence-electron chi connectivity index (χ3n) is 2.09. The molecule has 20 heavy (non-hydrogen) atoms. The second kappa shape index (κ2) is 9.39. The van der Waals surface area contributed by atoms with Crippen LogP contribution in [0.15, 0.2) is 33.6 Å². The van der Waals surface area contributed by atoms with Gasteiger partial charge in [-0.1, -0.05) is 15.9 Å². The van der Waals surface area contributed by atoms with E-state index in [0.717, 1.165) is 9.37 Å². The van der Waals surface area contributed by atoms with Gasteiger partial charge in [0.05, 0.1) is 18.2 Å². The minimum absolute atomic E-state index is 0.146. The first-order valence-electron chi connectivity index (χ1n) is 5.79. The number of thioether (sulfide) groups is 1. The van der Waals surface area contributed by atoms with Gasteiger partial charge in [-0.3, -0.25) is 9.59 Å². The average molecular weight is 357 g/mol. The fraction of sp³-hybridized carbons (Fsp3) is 0.308. The van der Waals surface area contributed by atoms with Crippen LogP contribution in [0.4, 0.5) is 0 Å². The number of hydrogen-bond donors (Lipinski definition) is 1. The topological polar surface area (TPSA) is 79.2 Å². The Kier molecular flexibility index (Phi) is 7.77. The smallest absolute Gasteiger partial charge is 0.316 e. The molecule has 106 valence electrons. The number of carbonyl (C=O) groups excluding carboxylic acids is 2. The summed E-state index contributed by atoms with van der Waals surface area (Å²) in [6.45, 7) is -0.0499. The second-order valence-electron chi connectivity index (χ2n) is 3.66. The highest BCUT2D eigenvalue weighted by Gasteiger charge is 2.07. The first kappa shape index (κ1) is 16.5. The summed E-state index contributed by atoms with van der Waals surface area (Å²) in [7, 11) is 0. The lowest BCUT2D eigenvalue weighted by molar-refractivity contribution is -0.145. The van der Waals surface area contributed by atoms with Crippen LogP contribution in [0, 0.1) is 11.3 Å². The molecule has 0 aliphatic heterocycles. The van der Waals surface area contributed by atoms with Crippen molar-refractivity contribution in [3.05, 3.63) is 28.7 Å². The summed E-state index contributed by atoms with van der Waals surface area (Å²) in [5.74, 6) is -0.705. The Labute approximate surface area is 129 Å². The van der Waals surface area contributed by atoms with Crippen molar-refractivity contribution >= 4 is 39.6 Å². The van der Waals surface area contributed by atoms with Crippen molar-refractivity contribution in [1.29, 1.82) is 5.26 Å². The van der Waals surface area contributed by atoms with E-state index in [0.29, 0.717) is 0 Å². The first-order chi connectivity index (χ1) is 9.61.